The first-order valence-electron chi connectivity index (χ1n) is 17.5. The van der Waals surface area contributed by atoms with E-state index in [2.05, 4.69) is 54.2 Å². The first-order chi connectivity index (χ1) is 24.9. The largest absolute Gasteiger partial charge is 0.504 e. The molecule has 0 aliphatic carbocycles. The monoisotopic (exact) mass is 686 g/mol. The summed E-state index contributed by atoms with van der Waals surface area (Å²) in [5, 5.41) is 10.7. The van der Waals surface area contributed by atoms with Crippen LogP contribution in [0.3, 0.4) is 0 Å². The Morgan fingerprint density at radius 3 is 1.90 bits per heavy atom. The maximum atomic E-state index is 10.7. The molecule has 0 fully saturated rings. The van der Waals surface area contributed by atoms with Gasteiger partial charge >= 0.3 is 0 Å². The number of ether oxygens (including phenoxy) is 5. The van der Waals surface area contributed by atoms with Crippen molar-refractivity contribution in [1.29, 1.82) is 0 Å². The van der Waals surface area contributed by atoms with Crippen LogP contribution in [0, 0.1) is 0 Å². The van der Waals surface area contributed by atoms with E-state index in [9.17, 15) is 5.11 Å². The van der Waals surface area contributed by atoms with Gasteiger partial charge in [0.1, 0.15) is 5.75 Å². The van der Waals surface area contributed by atoms with Crippen LogP contribution in [0.25, 0.3) is 0 Å². The van der Waals surface area contributed by atoms with Gasteiger partial charge in [-0.2, -0.15) is 0 Å². The fourth-order valence-electron chi connectivity index (χ4n) is 7.50. The summed E-state index contributed by atoms with van der Waals surface area (Å²) in [6.07, 6.45) is 3.25. The molecule has 8 nitrogen and oxygen atoms in total. The lowest BCUT2D eigenvalue weighted by molar-refractivity contribution is 0.220. The van der Waals surface area contributed by atoms with Gasteiger partial charge in [-0.15, -0.1) is 0 Å². The molecule has 2 unspecified atom stereocenters. The van der Waals surface area contributed by atoms with Crippen molar-refractivity contribution in [2.24, 2.45) is 0 Å². The quantitative estimate of drug-likeness (QED) is 0.203. The van der Waals surface area contributed by atoms with Crippen molar-refractivity contribution < 1.29 is 28.8 Å². The Bertz CT molecular complexity index is 1950. The van der Waals surface area contributed by atoms with Crippen LogP contribution >= 0.6 is 0 Å². The Labute approximate surface area is 300 Å². The molecular weight excluding hydrogens is 640 g/mol. The fraction of sp³-hybridized carbons (Fsp3) is 0.302. The zero-order valence-corrected chi connectivity index (χ0v) is 30.0. The second kappa shape index (κ2) is 15.0. The molecule has 0 radical (unpaired) electrons. The van der Waals surface area contributed by atoms with Crippen LogP contribution in [0.15, 0.2) is 97.1 Å². The van der Waals surface area contributed by atoms with E-state index in [0.29, 0.717) is 46.7 Å². The van der Waals surface area contributed by atoms with Crippen LogP contribution in [0.2, 0.25) is 0 Å². The van der Waals surface area contributed by atoms with Gasteiger partial charge in [-0.1, -0.05) is 54.6 Å². The molecule has 9 rings (SSSR count). The summed E-state index contributed by atoms with van der Waals surface area (Å²) >= 11 is 0. The van der Waals surface area contributed by atoms with E-state index >= 15 is 0 Å². The van der Waals surface area contributed by atoms with Crippen molar-refractivity contribution in [3.8, 4) is 46.0 Å². The second-order valence-electron chi connectivity index (χ2n) is 13.4. The van der Waals surface area contributed by atoms with Gasteiger partial charge in [0.05, 0.1) is 21.3 Å². The van der Waals surface area contributed by atoms with E-state index in [4.69, 9.17) is 23.7 Å². The SMILES string of the molecule is COc1cc2c3cc1Oc1c(OC)c(OC)cc4c1C(Cc1ccc(O)c(c1)Oc1ccc(cc1)CC3N(C)CC2)N(C)CC4.c1ccccc1. The molecule has 0 amide bonds. The number of phenolic OH excluding ortho intramolecular Hbond substituents is 1. The van der Waals surface area contributed by atoms with Gasteiger partial charge in [0.25, 0.3) is 0 Å². The number of nitrogens with zero attached hydrogens (tertiary/aromatic N) is 2. The molecule has 0 spiro atoms. The van der Waals surface area contributed by atoms with Gasteiger partial charge < -0.3 is 28.8 Å². The van der Waals surface area contributed by atoms with Crippen LogP contribution < -0.4 is 23.7 Å². The van der Waals surface area contributed by atoms with Crippen molar-refractivity contribution in [3.63, 3.8) is 0 Å². The smallest absolute Gasteiger partial charge is 0.204 e. The number of rotatable bonds is 3. The van der Waals surface area contributed by atoms with Gasteiger partial charge in [-0.05, 0) is 110 Å². The lowest BCUT2D eigenvalue weighted by Gasteiger charge is -2.37. The molecule has 8 heteroatoms. The Hall–Kier alpha value is -5.18. The van der Waals surface area contributed by atoms with E-state index in [1.165, 1.54) is 16.7 Å². The zero-order valence-electron chi connectivity index (χ0n) is 30.0. The highest BCUT2D eigenvalue weighted by atomic mass is 16.5. The van der Waals surface area contributed by atoms with Gasteiger partial charge in [0, 0.05) is 30.7 Å². The molecule has 5 aromatic rings. The Balaban J connectivity index is 0.000000615. The minimum atomic E-state index is -0.0402. The van der Waals surface area contributed by atoms with Crippen molar-refractivity contribution in [2.75, 3.05) is 48.5 Å². The summed E-state index contributed by atoms with van der Waals surface area (Å²) in [6.45, 7) is 1.82. The molecule has 0 saturated heterocycles. The third-order valence-electron chi connectivity index (χ3n) is 10.3. The molecule has 4 aliphatic rings. The Kier molecular flexibility index (Phi) is 10.1. The minimum absolute atomic E-state index is 0.0402. The van der Waals surface area contributed by atoms with Crippen LogP contribution in [0.5, 0.6) is 46.0 Å². The van der Waals surface area contributed by atoms with Gasteiger partial charge in [0.2, 0.25) is 5.75 Å². The number of benzene rings is 5. The van der Waals surface area contributed by atoms with E-state index in [0.717, 1.165) is 49.0 Å². The van der Waals surface area contributed by atoms with Crippen molar-refractivity contribution in [2.45, 2.75) is 37.8 Å². The summed E-state index contributed by atoms with van der Waals surface area (Å²) in [5.41, 5.74) is 6.93. The second-order valence-corrected chi connectivity index (χ2v) is 13.4. The molecule has 1 N–H and O–H groups in total. The zero-order chi connectivity index (χ0) is 35.5. The summed E-state index contributed by atoms with van der Waals surface area (Å²) in [5.74, 6) is 4.37. The third kappa shape index (κ3) is 7.07. The standard InChI is InChI=1S/C37H40N2O6.C6H6/c1-38-14-12-24-19-32(41-3)33-21-27(24)28(38)16-22-6-9-26(10-7-22)44-31-18-23(8-11-30(31)40)17-29-35-25(13-15-39(29)2)20-34(42-4)36(43-5)37(35)45-33;1-2-4-6-5-3-1/h6-11,18-21,28-29,40H,12-17H2,1-5H3;1-6H. The van der Waals surface area contributed by atoms with E-state index < -0.39 is 0 Å². The van der Waals surface area contributed by atoms with E-state index in [1.54, 1.807) is 27.4 Å². The number of methoxy groups -OCH3 is 3. The number of fused-ring (bicyclic) bond motifs is 2. The maximum Gasteiger partial charge on any atom is 0.204 e. The summed E-state index contributed by atoms with van der Waals surface area (Å²) in [7, 11) is 9.33. The predicted molar refractivity (Wildman–Crippen MR) is 199 cm³/mol. The maximum absolute atomic E-state index is 10.7. The number of aromatic hydroxyl groups is 1. The molecule has 264 valence electrons. The predicted octanol–water partition coefficient (Wildman–Crippen LogP) is 8.55. The van der Waals surface area contributed by atoms with Gasteiger partial charge in [-0.25, -0.2) is 0 Å². The summed E-state index contributed by atoms with van der Waals surface area (Å²) in [4.78, 5) is 4.75. The highest BCUT2D eigenvalue weighted by molar-refractivity contribution is 5.64. The Morgan fingerprint density at radius 2 is 1.24 bits per heavy atom. The van der Waals surface area contributed by atoms with Crippen molar-refractivity contribution in [1.82, 2.24) is 9.80 Å². The molecule has 0 aromatic heterocycles. The average Bonchev–Trinajstić information content (AvgIpc) is 3.16. The summed E-state index contributed by atoms with van der Waals surface area (Å²) in [6, 6.07) is 32.3. The van der Waals surface area contributed by atoms with E-state index in [1.807, 2.05) is 60.7 Å². The highest BCUT2D eigenvalue weighted by Crippen LogP contribution is 2.52. The number of hydrogen-bond acceptors (Lipinski definition) is 8. The molecule has 0 saturated carbocycles. The van der Waals surface area contributed by atoms with Crippen molar-refractivity contribution in [3.05, 3.63) is 130 Å². The van der Waals surface area contributed by atoms with Crippen molar-refractivity contribution >= 4 is 0 Å². The molecular formula is C43H46N2O6. The number of phenols is 1. The first-order valence-corrected chi connectivity index (χ1v) is 17.5. The van der Waals surface area contributed by atoms with Crippen LogP contribution in [-0.4, -0.2) is 63.4 Å². The normalized spacial score (nSPS) is 18.1. The molecule has 51 heavy (non-hydrogen) atoms. The van der Waals surface area contributed by atoms with E-state index in [-0.39, 0.29) is 17.8 Å². The summed E-state index contributed by atoms with van der Waals surface area (Å²) < 4.78 is 31.0. The van der Waals surface area contributed by atoms with Crippen LogP contribution in [0.1, 0.15) is 45.5 Å². The minimum Gasteiger partial charge on any atom is -0.504 e. The average molecular weight is 687 g/mol. The van der Waals surface area contributed by atoms with Gasteiger partial charge in [0.15, 0.2) is 34.5 Å². The fourth-order valence-corrected chi connectivity index (χ4v) is 7.50. The van der Waals surface area contributed by atoms with Crippen LogP contribution in [-0.2, 0) is 25.7 Å². The first kappa shape index (κ1) is 34.3. The lowest BCUT2D eigenvalue weighted by Crippen LogP contribution is -2.34. The molecule has 2 atom stereocenters. The molecule has 5 aromatic carbocycles. The topological polar surface area (TPSA) is 72.9 Å². The molecule has 4 heterocycles. The third-order valence-corrected chi connectivity index (χ3v) is 10.3. The lowest BCUT2D eigenvalue weighted by atomic mass is 9.87. The molecule has 6 bridgehead atoms. The Morgan fingerprint density at radius 1 is 0.627 bits per heavy atom. The number of hydrogen-bond donors (Lipinski definition) is 1. The molecule has 4 aliphatic heterocycles. The highest BCUT2D eigenvalue weighted by Gasteiger charge is 2.34. The number of likely N-dealkylation sites (N-methyl/N-ethyl adjacent to an activating group) is 2. The van der Waals surface area contributed by atoms with Crippen LogP contribution in [0.4, 0.5) is 0 Å². The van der Waals surface area contributed by atoms with Gasteiger partial charge in [-0.3, -0.25) is 9.80 Å².